The van der Waals surface area contributed by atoms with Gasteiger partial charge in [0.25, 0.3) is 0 Å². The maximum Gasteiger partial charge on any atom is 0.143 e. The van der Waals surface area contributed by atoms with Crippen LogP contribution < -0.4 is 4.90 Å². The van der Waals surface area contributed by atoms with Gasteiger partial charge in [0.05, 0.1) is 9.50 Å². The van der Waals surface area contributed by atoms with Gasteiger partial charge in [-0.2, -0.15) is 0 Å². The van der Waals surface area contributed by atoms with Gasteiger partial charge in [-0.25, -0.2) is 4.98 Å². The van der Waals surface area contributed by atoms with Gasteiger partial charge >= 0.3 is 0 Å². The number of pyridine rings is 1. The number of alkyl halides is 1. The molecule has 0 atom stereocenters. The predicted octanol–water partition coefficient (Wildman–Crippen LogP) is 3.95. The lowest BCUT2D eigenvalue weighted by Crippen LogP contribution is -2.43. The van der Waals surface area contributed by atoms with E-state index in [1.807, 2.05) is 18.0 Å². The fourth-order valence-electron chi connectivity index (χ4n) is 1.03. The van der Waals surface area contributed by atoms with E-state index >= 15 is 0 Å². The third-order valence-corrected chi connectivity index (χ3v) is 3.79. The van der Waals surface area contributed by atoms with Crippen LogP contribution in [0.4, 0.5) is 5.82 Å². The minimum atomic E-state index is -0.148. The van der Waals surface area contributed by atoms with Crippen molar-refractivity contribution in [3.63, 3.8) is 0 Å². The molecule has 0 spiro atoms. The average Bonchev–Trinajstić information content (AvgIpc) is 2.17. The first-order valence-electron chi connectivity index (χ1n) is 4.49. The first-order chi connectivity index (χ1) is 6.88. The van der Waals surface area contributed by atoms with E-state index in [1.54, 1.807) is 6.20 Å². The SMILES string of the molecule is CN(c1ncc(Cl)cc1Br)C(C)(C)CCl. The van der Waals surface area contributed by atoms with Crippen LogP contribution in [0.2, 0.25) is 5.02 Å². The summed E-state index contributed by atoms with van der Waals surface area (Å²) in [7, 11) is 1.96. The van der Waals surface area contributed by atoms with E-state index in [1.165, 1.54) is 0 Å². The second kappa shape index (κ2) is 4.89. The van der Waals surface area contributed by atoms with Gasteiger partial charge in [0.1, 0.15) is 5.82 Å². The molecule has 1 aromatic heterocycles. The van der Waals surface area contributed by atoms with E-state index in [9.17, 15) is 0 Å². The highest BCUT2D eigenvalue weighted by Gasteiger charge is 2.24. The standard InChI is InChI=1S/C10H13BrCl2N2/c1-10(2,6-12)15(3)9-8(11)4-7(13)5-14-9/h4-5H,6H2,1-3H3. The van der Waals surface area contributed by atoms with Crippen LogP contribution in [-0.4, -0.2) is 23.5 Å². The Morgan fingerprint density at radius 1 is 1.53 bits per heavy atom. The minimum absolute atomic E-state index is 0.148. The quantitative estimate of drug-likeness (QED) is 0.786. The van der Waals surface area contributed by atoms with Gasteiger partial charge in [-0.15, -0.1) is 11.6 Å². The van der Waals surface area contributed by atoms with Crippen LogP contribution in [0.5, 0.6) is 0 Å². The Morgan fingerprint density at radius 2 is 2.13 bits per heavy atom. The van der Waals surface area contributed by atoms with Crippen molar-refractivity contribution in [1.29, 1.82) is 0 Å². The van der Waals surface area contributed by atoms with Crippen LogP contribution in [0.25, 0.3) is 0 Å². The Balaban J connectivity index is 3.06. The summed E-state index contributed by atoms with van der Waals surface area (Å²) in [6.07, 6.45) is 1.63. The molecule has 0 aliphatic rings. The van der Waals surface area contributed by atoms with E-state index in [4.69, 9.17) is 23.2 Å². The first-order valence-corrected chi connectivity index (χ1v) is 6.20. The normalized spacial score (nSPS) is 11.6. The van der Waals surface area contributed by atoms with E-state index in [-0.39, 0.29) is 5.54 Å². The zero-order valence-electron chi connectivity index (χ0n) is 8.89. The van der Waals surface area contributed by atoms with Crippen molar-refractivity contribution < 1.29 is 0 Å². The summed E-state index contributed by atoms with van der Waals surface area (Å²) in [6.45, 7) is 4.12. The summed E-state index contributed by atoms with van der Waals surface area (Å²) < 4.78 is 0.871. The van der Waals surface area contributed by atoms with E-state index < -0.39 is 0 Å². The predicted molar refractivity (Wildman–Crippen MR) is 70.1 cm³/mol. The van der Waals surface area contributed by atoms with Crippen LogP contribution in [-0.2, 0) is 0 Å². The van der Waals surface area contributed by atoms with Gasteiger partial charge in [-0.3, -0.25) is 0 Å². The zero-order chi connectivity index (χ0) is 11.6. The second-order valence-electron chi connectivity index (χ2n) is 3.96. The number of hydrogen-bond donors (Lipinski definition) is 0. The van der Waals surface area contributed by atoms with Crippen molar-refractivity contribution in [2.45, 2.75) is 19.4 Å². The van der Waals surface area contributed by atoms with E-state index in [0.717, 1.165) is 10.3 Å². The second-order valence-corrected chi connectivity index (χ2v) is 5.52. The molecule has 0 radical (unpaired) electrons. The Labute approximate surface area is 109 Å². The summed E-state index contributed by atoms with van der Waals surface area (Å²) in [5.41, 5.74) is -0.148. The molecule has 84 valence electrons. The molecule has 1 aromatic rings. The lowest BCUT2D eigenvalue weighted by molar-refractivity contribution is 0.539. The largest absolute Gasteiger partial charge is 0.352 e. The molecule has 0 aliphatic carbocycles. The summed E-state index contributed by atoms with van der Waals surface area (Å²) in [5.74, 6) is 1.37. The summed E-state index contributed by atoms with van der Waals surface area (Å²) in [5, 5.41) is 0.614. The van der Waals surface area contributed by atoms with Crippen molar-refractivity contribution in [3.05, 3.63) is 21.8 Å². The number of nitrogens with zero attached hydrogens (tertiary/aromatic N) is 2. The first kappa shape index (κ1) is 13.1. The monoisotopic (exact) mass is 310 g/mol. The van der Waals surface area contributed by atoms with Crippen LogP contribution >= 0.6 is 39.1 Å². The molecule has 0 fully saturated rings. The molecule has 0 aromatic carbocycles. The molecular formula is C10H13BrCl2N2. The molecular weight excluding hydrogens is 299 g/mol. The lowest BCUT2D eigenvalue weighted by Gasteiger charge is -2.35. The molecule has 0 saturated carbocycles. The van der Waals surface area contributed by atoms with Gasteiger partial charge in [-0.05, 0) is 35.8 Å². The molecule has 5 heteroatoms. The van der Waals surface area contributed by atoms with Gasteiger partial charge in [0, 0.05) is 24.7 Å². The Hall–Kier alpha value is 0.01000. The van der Waals surface area contributed by atoms with Gasteiger partial charge in [0.2, 0.25) is 0 Å². The zero-order valence-corrected chi connectivity index (χ0v) is 12.0. The molecule has 0 aliphatic heterocycles. The number of aromatic nitrogens is 1. The fraction of sp³-hybridized carbons (Fsp3) is 0.500. The number of rotatable bonds is 3. The highest BCUT2D eigenvalue weighted by atomic mass is 79.9. The van der Waals surface area contributed by atoms with Gasteiger partial charge in [-0.1, -0.05) is 11.6 Å². The number of hydrogen-bond acceptors (Lipinski definition) is 2. The van der Waals surface area contributed by atoms with Gasteiger partial charge in [0.15, 0.2) is 0 Å². The number of anilines is 1. The molecule has 1 heterocycles. The smallest absolute Gasteiger partial charge is 0.143 e. The molecule has 0 unspecified atom stereocenters. The minimum Gasteiger partial charge on any atom is -0.352 e. The molecule has 0 amide bonds. The lowest BCUT2D eigenvalue weighted by atomic mass is 10.1. The maximum absolute atomic E-state index is 5.91. The Morgan fingerprint density at radius 3 is 2.60 bits per heavy atom. The van der Waals surface area contributed by atoms with Crippen LogP contribution in [0, 0.1) is 0 Å². The maximum atomic E-state index is 5.91. The molecule has 15 heavy (non-hydrogen) atoms. The van der Waals surface area contributed by atoms with Crippen molar-refractivity contribution >= 4 is 44.9 Å². The number of halogens is 3. The Bertz CT molecular complexity index is 355. The molecule has 1 rings (SSSR count). The summed E-state index contributed by atoms with van der Waals surface area (Å²) in [6, 6.07) is 1.82. The average molecular weight is 312 g/mol. The highest BCUT2D eigenvalue weighted by Crippen LogP contribution is 2.30. The van der Waals surface area contributed by atoms with Crippen molar-refractivity contribution in [1.82, 2.24) is 4.98 Å². The third kappa shape index (κ3) is 2.99. The fourth-order valence-corrected chi connectivity index (χ4v) is 2.11. The van der Waals surface area contributed by atoms with Crippen LogP contribution in [0.1, 0.15) is 13.8 Å². The molecule has 0 saturated heterocycles. The van der Waals surface area contributed by atoms with Crippen molar-refractivity contribution in [3.8, 4) is 0 Å². The Kier molecular flexibility index (Phi) is 4.27. The summed E-state index contributed by atoms with van der Waals surface area (Å²) >= 11 is 15.2. The molecule has 0 bridgehead atoms. The highest BCUT2D eigenvalue weighted by molar-refractivity contribution is 9.10. The topological polar surface area (TPSA) is 16.1 Å². The van der Waals surface area contributed by atoms with Crippen molar-refractivity contribution in [2.75, 3.05) is 17.8 Å². The molecule has 2 nitrogen and oxygen atoms in total. The summed E-state index contributed by atoms with van der Waals surface area (Å²) in [4.78, 5) is 6.31. The third-order valence-electron chi connectivity index (χ3n) is 2.34. The van der Waals surface area contributed by atoms with Gasteiger partial charge < -0.3 is 4.90 Å². The van der Waals surface area contributed by atoms with Crippen LogP contribution in [0.15, 0.2) is 16.7 Å². The van der Waals surface area contributed by atoms with Crippen LogP contribution in [0.3, 0.4) is 0 Å². The van der Waals surface area contributed by atoms with E-state index in [2.05, 4.69) is 34.8 Å². The van der Waals surface area contributed by atoms with Crippen molar-refractivity contribution in [2.24, 2.45) is 0 Å². The van der Waals surface area contributed by atoms with E-state index in [0.29, 0.717) is 10.9 Å². The molecule has 0 N–H and O–H groups in total.